The lowest BCUT2D eigenvalue weighted by Gasteiger charge is -2.09. The van der Waals surface area contributed by atoms with Crippen LogP contribution >= 0.6 is 0 Å². The van der Waals surface area contributed by atoms with Gasteiger partial charge in [-0.1, -0.05) is 12.1 Å². The molecule has 2 N–H and O–H groups in total. The number of amides is 2. The van der Waals surface area contributed by atoms with Gasteiger partial charge in [-0.05, 0) is 55.3 Å². The molecule has 2 rings (SSSR count). The smallest absolute Gasteiger partial charge is 0.329 e. The molecule has 0 aliphatic carbocycles. The molecule has 2 aromatic rings. The fourth-order valence-corrected chi connectivity index (χ4v) is 2.17. The number of anilines is 1. The molecule has 0 saturated carbocycles. The van der Waals surface area contributed by atoms with Gasteiger partial charge in [0, 0.05) is 5.69 Å². The Morgan fingerprint density at radius 3 is 2.62 bits per heavy atom. The molecule has 0 radical (unpaired) electrons. The number of hydrogen-bond donors (Lipinski definition) is 2. The minimum atomic E-state index is -0.860. The number of rotatable bonds is 6. The molecule has 2 aromatic carbocycles. The molecule has 0 spiro atoms. The molecule has 0 aromatic heterocycles. The van der Waals surface area contributed by atoms with E-state index in [1.54, 1.807) is 43.5 Å². The summed E-state index contributed by atoms with van der Waals surface area (Å²) in [6, 6.07) is 12.4. The van der Waals surface area contributed by atoms with Gasteiger partial charge < -0.3 is 14.8 Å². The van der Waals surface area contributed by atoms with Crippen LogP contribution in [0.2, 0.25) is 0 Å². The van der Waals surface area contributed by atoms with Crippen molar-refractivity contribution in [3.63, 3.8) is 0 Å². The first-order chi connectivity index (χ1) is 12.5. The van der Waals surface area contributed by atoms with Crippen LogP contribution < -0.4 is 20.2 Å². The first-order valence-electron chi connectivity index (χ1n) is 8.05. The van der Waals surface area contributed by atoms with Crippen molar-refractivity contribution in [2.45, 2.75) is 13.8 Å². The van der Waals surface area contributed by atoms with Crippen molar-refractivity contribution in [2.75, 3.05) is 19.0 Å². The summed E-state index contributed by atoms with van der Waals surface area (Å²) in [6.07, 6.45) is 1.42. The molecule has 136 valence electrons. The Hall–Kier alpha value is -3.35. The van der Waals surface area contributed by atoms with Gasteiger partial charge in [-0.2, -0.15) is 5.10 Å². The van der Waals surface area contributed by atoms with E-state index in [1.807, 2.05) is 19.9 Å². The highest BCUT2D eigenvalue weighted by Gasteiger charge is 2.12. The van der Waals surface area contributed by atoms with Crippen molar-refractivity contribution in [3.8, 4) is 11.5 Å². The predicted octanol–water partition coefficient (Wildman–Crippen LogP) is 2.49. The number of hydrazone groups is 1. The van der Waals surface area contributed by atoms with Gasteiger partial charge in [0.25, 0.3) is 0 Å². The lowest BCUT2D eigenvalue weighted by atomic mass is 10.2. The van der Waals surface area contributed by atoms with Crippen molar-refractivity contribution in [2.24, 2.45) is 5.10 Å². The molecule has 0 fully saturated rings. The maximum absolute atomic E-state index is 11.9. The Labute approximate surface area is 152 Å². The summed E-state index contributed by atoms with van der Waals surface area (Å²) in [5, 5.41) is 6.31. The minimum absolute atomic E-state index is 0.493. The Balaban J connectivity index is 1.95. The number of aryl methyl sites for hydroxylation is 1. The normalized spacial score (nSPS) is 10.4. The van der Waals surface area contributed by atoms with Gasteiger partial charge in [0.2, 0.25) is 0 Å². The molecule has 7 heteroatoms. The maximum atomic E-state index is 11.9. The van der Waals surface area contributed by atoms with Gasteiger partial charge in [-0.15, -0.1) is 0 Å². The monoisotopic (exact) mass is 355 g/mol. The van der Waals surface area contributed by atoms with Crippen molar-refractivity contribution >= 4 is 23.7 Å². The number of methoxy groups -OCH3 is 1. The lowest BCUT2D eigenvalue weighted by molar-refractivity contribution is -0.136. The number of carbonyl (C=O) groups is 2. The molecule has 0 aliphatic heterocycles. The average molecular weight is 355 g/mol. The highest BCUT2D eigenvalue weighted by atomic mass is 16.5. The van der Waals surface area contributed by atoms with E-state index in [0.717, 1.165) is 5.56 Å². The third-order valence-electron chi connectivity index (χ3n) is 3.35. The zero-order valence-electron chi connectivity index (χ0n) is 14.9. The fourth-order valence-electron chi connectivity index (χ4n) is 2.17. The molecule has 0 atom stereocenters. The second kappa shape index (κ2) is 9.22. The Morgan fingerprint density at radius 1 is 1.12 bits per heavy atom. The molecular formula is C19H21N3O4. The van der Waals surface area contributed by atoms with Gasteiger partial charge in [0.1, 0.15) is 0 Å². The molecule has 0 unspecified atom stereocenters. The third kappa shape index (κ3) is 5.34. The van der Waals surface area contributed by atoms with Gasteiger partial charge in [0.15, 0.2) is 11.5 Å². The molecule has 0 saturated heterocycles. The standard InChI is InChI=1S/C19H21N3O4/c1-4-26-17-11-14(8-9-16(17)25-3)12-20-22-19(24)18(23)21-15-7-5-6-13(2)10-15/h5-12H,4H2,1-3H3,(H,21,23)(H,22,24)/b20-12-. The quantitative estimate of drug-likeness (QED) is 0.473. The van der Waals surface area contributed by atoms with E-state index < -0.39 is 11.8 Å². The van der Waals surface area contributed by atoms with E-state index in [1.165, 1.54) is 6.21 Å². The van der Waals surface area contributed by atoms with Crippen LogP contribution in [-0.2, 0) is 9.59 Å². The second-order valence-electron chi connectivity index (χ2n) is 5.37. The van der Waals surface area contributed by atoms with Crippen molar-refractivity contribution in [1.82, 2.24) is 5.43 Å². The zero-order chi connectivity index (χ0) is 18.9. The molecule has 2 amide bonds. The van der Waals surface area contributed by atoms with Crippen molar-refractivity contribution in [3.05, 3.63) is 53.6 Å². The van der Waals surface area contributed by atoms with Crippen LogP contribution in [0, 0.1) is 6.92 Å². The summed E-state index contributed by atoms with van der Waals surface area (Å²) in [7, 11) is 1.55. The first-order valence-corrected chi connectivity index (χ1v) is 8.05. The SMILES string of the molecule is CCOc1cc(/C=N\NC(=O)C(=O)Nc2cccc(C)c2)ccc1OC. The molecule has 0 bridgehead atoms. The van der Waals surface area contributed by atoms with Crippen molar-refractivity contribution in [1.29, 1.82) is 0 Å². The number of carbonyl (C=O) groups excluding carboxylic acids is 2. The van der Waals surface area contributed by atoms with Crippen LogP contribution in [0.25, 0.3) is 0 Å². The van der Waals surface area contributed by atoms with Gasteiger partial charge in [0.05, 0.1) is 19.9 Å². The van der Waals surface area contributed by atoms with Crippen LogP contribution in [0.15, 0.2) is 47.6 Å². The topological polar surface area (TPSA) is 89.0 Å². The van der Waals surface area contributed by atoms with Crippen LogP contribution in [0.4, 0.5) is 5.69 Å². The highest BCUT2D eigenvalue weighted by Crippen LogP contribution is 2.27. The number of benzene rings is 2. The predicted molar refractivity (Wildman–Crippen MR) is 99.7 cm³/mol. The summed E-state index contributed by atoms with van der Waals surface area (Å²) in [5.41, 5.74) is 4.41. The van der Waals surface area contributed by atoms with Gasteiger partial charge in [-0.3, -0.25) is 9.59 Å². The highest BCUT2D eigenvalue weighted by molar-refractivity contribution is 6.39. The Morgan fingerprint density at radius 2 is 1.92 bits per heavy atom. The third-order valence-corrected chi connectivity index (χ3v) is 3.35. The average Bonchev–Trinajstić information content (AvgIpc) is 2.62. The molecule has 7 nitrogen and oxygen atoms in total. The number of hydrogen-bond acceptors (Lipinski definition) is 5. The second-order valence-corrected chi connectivity index (χ2v) is 5.37. The zero-order valence-corrected chi connectivity index (χ0v) is 14.9. The minimum Gasteiger partial charge on any atom is -0.493 e. The van der Waals surface area contributed by atoms with Crippen molar-refractivity contribution < 1.29 is 19.1 Å². The van der Waals surface area contributed by atoms with Crippen LogP contribution in [0.5, 0.6) is 11.5 Å². The van der Waals surface area contributed by atoms with E-state index in [-0.39, 0.29) is 0 Å². The van der Waals surface area contributed by atoms with Crippen LogP contribution in [-0.4, -0.2) is 31.7 Å². The van der Waals surface area contributed by atoms with E-state index in [9.17, 15) is 9.59 Å². The Bertz CT molecular complexity index is 818. The Kier molecular flexibility index (Phi) is 6.73. The lowest BCUT2D eigenvalue weighted by Crippen LogP contribution is -2.32. The summed E-state index contributed by atoms with van der Waals surface area (Å²) < 4.78 is 10.7. The number of nitrogens with zero attached hydrogens (tertiary/aromatic N) is 1. The summed E-state index contributed by atoms with van der Waals surface area (Å²) >= 11 is 0. The molecule has 26 heavy (non-hydrogen) atoms. The summed E-state index contributed by atoms with van der Waals surface area (Å²) in [5.74, 6) is -0.480. The van der Waals surface area contributed by atoms with Gasteiger partial charge in [-0.25, -0.2) is 5.43 Å². The van der Waals surface area contributed by atoms with Gasteiger partial charge >= 0.3 is 11.8 Å². The van der Waals surface area contributed by atoms with E-state index in [2.05, 4.69) is 15.8 Å². The maximum Gasteiger partial charge on any atom is 0.329 e. The number of nitrogens with one attached hydrogen (secondary N) is 2. The summed E-state index contributed by atoms with van der Waals surface area (Å²) in [6.45, 7) is 4.26. The number of ether oxygens (including phenoxy) is 2. The molecule has 0 heterocycles. The van der Waals surface area contributed by atoms with E-state index >= 15 is 0 Å². The largest absolute Gasteiger partial charge is 0.493 e. The van der Waals surface area contributed by atoms with E-state index in [0.29, 0.717) is 29.4 Å². The van der Waals surface area contributed by atoms with Crippen LogP contribution in [0.1, 0.15) is 18.1 Å². The molecular weight excluding hydrogens is 334 g/mol. The first kappa shape index (κ1) is 19.0. The fraction of sp³-hybridized carbons (Fsp3) is 0.211. The molecule has 0 aliphatic rings. The summed E-state index contributed by atoms with van der Waals surface area (Å²) in [4.78, 5) is 23.7. The van der Waals surface area contributed by atoms with Crippen LogP contribution in [0.3, 0.4) is 0 Å². The van der Waals surface area contributed by atoms with E-state index in [4.69, 9.17) is 9.47 Å².